The number of nitrogens with zero attached hydrogens (tertiary/aromatic N) is 1. The molecule has 0 saturated carbocycles. The van der Waals surface area contributed by atoms with Crippen LogP contribution in [0.25, 0.3) is 0 Å². The molecule has 0 spiro atoms. The smallest absolute Gasteiger partial charge is 0.239 e. The fourth-order valence-electron chi connectivity index (χ4n) is 3.43. The van der Waals surface area contributed by atoms with Gasteiger partial charge >= 0.3 is 0 Å². The van der Waals surface area contributed by atoms with Crippen LogP contribution in [0, 0.1) is 11.8 Å². The Bertz CT molecular complexity index is 280. The van der Waals surface area contributed by atoms with Crippen molar-refractivity contribution >= 4 is 18.3 Å². The van der Waals surface area contributed by atoms with E-state index in [0.29, 0.717) is 24.0 Å². The Labute approximate surface area is 102 Å². The van der Waals surface area contributed by atoms with Crippen LogP contribution >= 0.6 is 12.4 Å². The summed E-state index contributed by atoms with van der Waals surface area (Å²) >= 11 is 0. The van der Waals surface area contributed by atoms with Gasteiger partial charge in [0.05, 0.1) is 18.2 Å². The van der Waals surface area contributed by atoms with Crippen LogP contribution in [0.3, 0.4) is 0 Å². The van der Waals surface area contributed by atoms with Crippen molar-refractivity contribution in [3.05, 3.63) is 0 Å². The number of rotatable bonds is 1. The number of hydrogen-bond donors (Lipinski definition) is 1. The molecule has 0 aromatic rings. The molecule has 4 unspecified atom stereocenters. The summed E-state index contributed by atoms with van der Waals surface area (Å²) in [5.41, 5.74) is 5.63. The minimum atomic E-state index is -0.359. The summed E-state index contributed by atoms with van der Waals surface area (Å²) in [4.78, 5) is 13.7. The lowest BCUT2D eigenvalue weighted by molar-refractivity contribution is -0.131. The predicted octanol–water partition coefficient (Wildman–Crippen LogP) is 0.391. The van der Waals surface area contributed by atoms with E-state index in [4.69, 9.17) is 10.5 Å². The highest BCUT2D eigenvalue weighted by atomic mass is 35.5. The molecule has 3 heterocycles. The topological polar surface area (TPSA) is 55.6 Å². The zero-order valence-electron chi connectivity index (χ0n) is 9.46. The minimum Gasteiger partial charge on any atom is -0.374 e. The van der Waals surface area contributed by atoms with Crippen LogP contribution in [0.15, 0.2) is 0 Å². The van der Waals surface area contributed by atoms with Crippen LogP contribution in [-0.4, -0.2) is 42.1 Å². The standard InChI is InChI=1S/C11H18N2O2.ClH/c1-6(12)11(14)13-4-7-8(5-13)10-3-2-9(7)15-10;/h6-10H,2-5,12H2,1H3;1H/t6-,7?,8?,9?,10?;/m0./s1. The van der Waals surface area contributed by atoms with Crippen LogP contribution in [0.4, 0.5) is 0 Å². The quantitative estimate of drug-likeness (QED) is 0.728. The molecule has 5 atom stereocenters. The second-order valence-electron chi connectivity index (χ2n) is 5.15. The summed E-state index contributed by atoms with van der Waals surface area (Å²) in [6.45, 7) is 3.50. The molecule has 4 nitrogen and oxygen atoms in total. The van der Waals surface area contributed by atoms with Crippen molar-refractivity contribution in [3.8, 4) is 0 Å². The summed E-state index contributed by atoms with van der Waals surface area (Å²) in [6.07, 6.45) is 3.22. The Morgan fingerprint density at radius 2 is 1.81 bits per heavy atom. The van der Waals surface area contributed by atoms with E-state index in [0.717, 1.165) is 13.1 Å². The maximum Gasteiger partial charge on any atom is 0.239 e. The molecule has 3 aliphatic heterocycles. The van der Waals surface area contributed by atoms with Gasteiger partial charge < -0.3 is 15.4 Å². The first-order valence-corrected chi connectivity index (χ1v) is 5.86. The van der Waals surface area contributed by atoms with E-state index in [1.165, 1.54) is 12.8 Å². The first-order chi connectivity index (χ1) is 7.16. The SMILES string of the molecule is C[C@H](N)C(=O)N1CC2C3CCC(O3)C2C1.Cl. The normalized spacial score (nSPS) is 41.8. The van der Waals surface area contributed by atoms with Crippen molar-refractivity contribution in [2.24, 2.45) is 17.6 Å². The average molecular weight is 247 g/mol. The Morgan fingerprint density at radius 3 is 2.25 bits per heavy atom. The van der Waals surface area contributed by atoms with E-state index in [2.05, 4.69) is 0 Å². The molecule has 3 saturated heterocycles. The summed E-state index contributed by atoms with van der Waals surface area (Å²) in [5, 5.41) is 0. The molecule has 3 aliphatic rings. The van der Waals surface area contributed by atoms with Gasteiger partial charge in [0.25, 0.3) is 0 Å². The van der Waals surface area contributed by atoms with Gasteiger partial charge in [-0.1, -0.05) is 0 Å². The molecule has 16 heavy (non-hydrogen) atoms. The number of ether oxygens (including phenoxy) is 1. The van der Waals surface area contributed by atoms with Gasteiger partial charge in [-0.15, -0.1) is 12.4 Å². The lowest BCUT2D eigenvalue weighted by atomic mass is 9.82. The maximum atomic E-state index is 11.8. The summed E-state index contributed by atoms with van der Waals surface area (Å²) < 4.78 is 5.86. The fraction of sp³-hybridized carbons (Fsp3) is 0.909. The zero-order chi connectivity index (χ0) is 10.6. The number of likely N-dealkylation sites (tertiary alicyclic amines) is 1. The van der Waals surface area contributed by atoms with E-state index in [1.807, 2.05) is 4.90 Å². The second kappa shape index (κ2) is 4.17. The van der Waals surface area contributed by atoms with Crippen LogP contribution in [0.5, 0.6) is 0 Å². The Balaban J connectivity index is 0.000000963. The van der Waals surface area contributed by atoms with Gasteiger partial charge in [-0.2, -0.15) is 0 Å². The summed E-state index contributed by atoms with van der Waals surface area (Å²) in [7, 11) is 0. The van der Waals surface area contributed by atoms with Crippen LogP contribution in [0.2, 0.25) is 0 Å². The Morgan fingerprint density at radius 1 is 1.31 bits per heavy atom. The monoisotopic (exact) mass is 246 g/mol. The van der Waals surface area contributed by atoms with Gasteiger partial charge in [0.2, 0.25) is 5.91 Å². The number of fused-ring (bicyclic) bond motifs is 5. The fourth-order valence-corrected chi connectivity index (χ4v) is 3.43. The molecule has 2 N–H and O–H groups in total. The van der Waals surface area contributed by atoms with Crippen LogP contribution < -0.4 is 5.73 Å². The van der Waals surface area contributed by atoms with Crippen molar-refractivity contribution in [2.75, 3.05) is 13.1 Å². The van der Waals surface area contributed by atoms with E-state index in [9.17, 15) is 4.79 Å². The third-order valence-electron chi connectivity index (χ3n) is 4.15. The van der Waals surface area contributed by atoms with E-state index in [-0.39, 0.29) is 24.4 Å². The number of halogens is 1. The minimum absolute atomic E-state index is 0. The third kappa shape index (κ3) is 1.63. The first-order valence-electron chi connectivity index (χ1n) is 5.86. The zero-order valence-corrected chi connectivity index (χ0v) is 10.3. The van der Waals surface area contributed by atoms with Gasteiger partial charge in [-0.25, -0.2) is 0 Å². The highest BCUT2D eigenvalue weighted by molar-refractivity contribution is 5.85. The molecule has 2 bridgehead atoms. The molecule has 0 aliphatic carbocycles. The van der Waals surface area contributed by atoms with Gasteiger partial charge in [-0.3, -0.25) is 4.79 Å². The molecule has 0 aromatic heterocycles. The summed E-state index contributed by atoms with van der Waals surface area (Å²) in [5.74, 6) is 1.28. The molecule has 3 fully saturated rings. The van der Waals surface area contributed by atoms with Gasteiger partial charge in [0, 0.05) is 24.9 Å². The Hall–Kier alpha value is -0.320. The number of carbonyl (C=O) groups excluding carboxylic acids is 1. The number of amides is 1. The van der Waals surface area contributed by atoms with Crippen molar-refractivity contribution in [1.29, 1.82) is 0 Å². The lowest BCUT2D eigenvalue weighted by Crippen LogP contribution is -2.41. The van der Waals surface area contributed by atoms with Crippen molar-refractivity contribution in [2.45, 2.75) is 38.0 Å². The molecule has 0 aromatic carbocycles. The van der Waals surface area contributed by atoms with E-state index in [1.54, 1.807) is 6.92 Å². The second-order valence-corrected chi connectivity index (χ2v) is 5.15. The third-order valence-corrected chi connectivity index (χ3v) is 4.15. The van der Waals surface area contributed by atoms with E-state index >= 15 is 0 Å². The van der Waals surface area contributed by atoms with Gasteiger partial charge in [0.15, 0.2) is 0 Å². The maximum absolute atomic E-state index is 11.8. The van der Waals surface area contributed by atoms with E-state index < -0.39 is 0 Å². The highest BCUT2D eigenvalue weighted by Gasteiger charge is 2.53. The number of hydrogen-bond acceptors (Lipinski definition) is 3. The first kappa shape index (κ1) is 12.1. The predicted molar refractivity (Wildman–Crippen MR) is 62.4 cm³/mol. The van der Waals surface area contributed by atoms with Crippen LogP contribution in [-0.2, 0) is 9.53 Å². The van der Waals surface area contributed by atoms with Crippen molar-refractivity contribution in [3.63, 3.8) is 0 Å². The molecular weight excluding hydrogens is 228 g/mol. The number of carbonyl (C=O) groups is 1. The molecule has 3 rings (SSSR count). The molecule has 92 valence electrons. The Kier molecular flexibility index (Phi) is 3.16. The molecular formula is C11H19ClN2O2. The molecule has 5 heteroatoms. The van der Waals surface area contributed by atoms with Crippen molar-refractivity contribution < 1.29 is 9.53 Å². The van der Waals surface area contributed by atoms with Crippen LogP contribution in [0.1, 0.15) is 19.8 Å². The highest BCUT2D eigenvalue weighted by Crippen LogP contribution is 2.47. The van der Waals surface area contributed by atoms with Gasteiger partial charge in [-0.05, 0) is 19.8 Å². The largest absolute Gasteiger partial charge is 0.374 e. The van der Waals surface area contributed by atoms with Crippen molar-refractivity contribution in [1.82, 2.24) is 4.90 Å². The summed E-state index contributed by atoms with van der Waals surface area (Å²) in [6, 6.07) is -0.359. The molecule has 0 radical (unpaired) electrons. The molecule has 1 amide bonds. The number of nitrogens with two attached hydrogens (primary N) is 1. The average Bonchev–Trinajstić information content (AvgIpc) is 2.87. The van der Waals surface area contributed by atoms with Gasteiger partial charge in [0.1, 0.15) is 0 Å². The lowest BCUT2D eigenvalue weighted by Gasteiger charge is -2.20.